The Labute approximate surface area is 200 Å². The van der Waals surface area contributed by atoms with Crippen LogP contribution in [0.25, 0.3) is 11.6 Å². The Bertz CT molecular complexity index is 1160. The minimum Gasteiger partial charge on any atom is -0.459 e. The topological polar surface area (TPSA) is 54.3 Å². The van der Waals surface area contributed by atoms with E-state index in [2.05, 4.69) is 22.2 Å². The van der Waals surface area contributed by atoms with Gasteiger partial charge >= 0.3 is 5.97 Å². The molecule has 2 heterocycles. The summed E-state index contributed by atoms with van der Waals surface area (Å²) in [6, 6.07) is 28.1. The van der Waals surface area contributed by atoms with E-state index in [0.29, 0.717) is 17.7 Å². The maximum Gasteiger partial charge on any atom is 0.339 e. The van der Waals surface area contributed by atoms with Gasteiger partial charge in [0, 0.05) is 24.9 Å². The number of fused-ring (bicyclic) bond motifs is 2. The fourth-order valence-electron chi connectivity index (χ4n) is 4.97. The highest BCUT2D eigenvalue weighted by atomic mass is 16.5. The Kier molecular flexibility index (Phi) is 6.63. The van der Waals surface area contributed by atoms with Crippen molar-refractivity contribution in [2.45, 2.75) is 43.9 Å². The average molecular weight is 452 g/mol. The standard InChI is InChI=1S/C29H29N3O2/c1-32-25-16-17-26(32)20-27(19-25)34-29(33)28(18-21-8-4-2-5-9-21)22-12-14-24(15-13-22)31-30-23-10-6-3-7-11-23/h2-15,18,25-27H,16-17,19-20H2,1H3/b28-18+,31-30?/t25-,26+,27?. The first-order valence-corrected chi connectivity index (χ1v) is 11.9. The predicted octanol–water partition coefficient (Wildman–Crippen LogP) is 6.81. The van der Waals surface area contributed by atoms with E-state index in [9.17, 15) is 4.79 Å². The van der Waals surface area contributed by atoms with Crippen molar-refractivity contribution in [2.75, 3.05) is 7.05 Å². The summed E-state index contributed by atoms with van der Waals surface area (Å²) in [7, 11) is 2.19. The van der Waals surface area contributed by atoms with Crippen LogP contribution in [-0.2, 0) is 9.53 Å². The molecule has 1 unspecified atom stereocenters. The van der Waals surface area contributed by atoms with Crippen molar-refractivity contribution in [1.29, 1.82) is 0 Å². The van der Waals surface area contributed by atoms with Crippen LogP contribution in [0, 0.1) is 0 Å². The highest BCUT2D eigenvalue weighted by Gasteiger charge is 2.40. The van der Waals surface area contributed by atoms with Crippen molar-refractivity contribution in [3.05, 3.63) is 96.1 Å². The Balaban J connectivity index is 1.36. The summed E-state index contributed by atoms with van der Waals surface area (Å²) in [5.41, 5.74) is 3.86. The molecule has 0 spiro atoms. The van der Waals surface area contributed by atoms with Gasteiger partial charge in [0.15, 0.2) is 0 Å². The second-order valence-corrected chi connectivity index (χ2v) is 9.10. The van der Waals surface area contributed by atoms with Crippen LogP contribution in [0.15, 0.2) is 95.2 Å². The molecule has 0 aliphatic carbocycles. The Morgan fingerprint density at radius 2 is 1.38 bits per heavy atom. The van der Waals surface area contributed by atoms with Crippen molar-refractivity contribution in [2.24, 2.45) is 10.2 Å². The van der Waals surface area contributed by atoms with Crippen LogP contribution < -0.4 is 0 Å². The minimum atomic E-state index is -0.267. The fourth-order valence-corrected chi connectivity index (χ4v) is 4.97. The lowest BCUT2D eigenvalue weighted by Gasteiger charge is -2.35. The largest absolute Gasteiger partial charge is 0.459 e. The third-order valence-electron chi connectivity index (χ3n) is 6.87. The van der Waals surface area contributed by atoms with Crippen molar-refractivity contribution in [1.82, 2.24) is 4.90 Å². The summed E-state index contributed by atoms with van der Waals surface area (Å²) in [5, 5.41) is 8.59. The van der Waals surface area contributed by atoms with Crippen LogP contribution >= 0.6 is 0 Å². The summed E-state index contributed by atoms with van der Waals surface area (Å²) in [5.74, 6) is -0.267. The lowest BCUT2D eigenvalue weighted by Crippen LogP contribution is -2.43. The van der Waals surface area contributed by atoms with Crippen molar-refractivity contribution >= 4 is 29.0 Å². The summed E-state index contributed by atoms with van der Waals surface area (Å²) < 4.78 is 6.07. The molecule has 2 bridgehead atoms. The first-order valence-electron chi connectivity index (χ1n) is 11.9. The number of ether oxygens (including phenoxy) is 1. The molecule has 3 aromatic rings. The van der Waals surface area contributed by atoms with E-state index in [1.54, 1.807) is 0 Å². The van der Waals surface area contributed by atoms with Gasteiger partial charge in [-0.05, 0) is 61.4 Å². The van der Waals surface area contributed by atoms with E-state index in [1.807, 2.05) is 91.0 Å². The second kappa shape index (κ2) is 10.1. The van der Waals surface area contributed by atoms with E-state index in [4.69, 9.17) is 4.74 Å². The number of hydrogen-bond donors (Lipinski definition) is 0. The van der Waals surface area contributed by atoms with Gasteiger partial charge in [-0.25, -0.2) is 4.79 Å². The number of azo groups is 1. The van der Waals surface area contributed by atoms with Crippen LogP contribution in [0.5, 0.6) is 0 Å². The summed E-state index contributed by atoms with van der Waals surface area (Å²) in [6.07, 6.45) is 6.10. The Morgan fingerprint density at radius 3 is 2.00 bits per heavy atom. The highest BCUT2D eigenvalue weighted by Crippen LogP contribution is 2.36. The highest BCUT2D eigenvalue weighted by molar-refractivity contribution is 6.21. The van der Waals surface area contributed by atoms with Gasteiger partial charge in [-0.1, -0.05) is 60.7 Å². The smallest absolute Gasteiger partial charge is 0.339 e. The zero-order valence-electron chi connectivity index (χ0n) is 19.4. The maximum atomic E-state index is 13.4. The van der Waals surface area contributed by atoms with E-state index >= 15 is 0 Å². The van der Waals surface area contributed by atoms with Gasteiger partial charge in [-0.15, -0.1) is 0 Å². The number of benzene rings is 3. The van der Waals surface area contributed by atoms with E-state index in [0.717, 1.165) is 35.3 Å². The van der Waals surface area contributed by atoms with Gasteiger partial charge < -0.3 is 9.64 Å². The van der Waals surface area contributed by atoms with E-state index in [1.165, 1.54) is 12.8 Å². The molecule has 5 heteroatoms. The minimum absolute atomic E-state index is 0.0284. The molecule has 0 radical (unpaired) electrons. The van der Waals surface area contributed by atoms with Crippen molar-refractivity contribution < 1.29 is 9.53 Å². The summed E-state index contributed by atoms with van der Waals surface area (Å²) >= 11 is 0. The van der Waals surface area contributed by atoms with Gasteiger partial charge in [0.1, 0.15) is 6.10 Å². The van der Waals surface area contributed by atoms with E-state index in [-0.39, 0.29) is 12.1 Å². The molecule has 5 nitrogen and oxygen atoms in total. The molecule has 0 amide bonds. The quantitative estimate of drug-likeness (QED) is 0.179. The first kappa shape index (κ1) is 22.2. The maximum absolute atomic E-state index is 13.4. The molecule has 2 fully saturated rings. The van der Waals surface area contributed by atoms with Gasteiger partial charge in [-0.3, -0.25) is 0 Å². The number of esters is 1. The van der Waals surface area contributed by atoms with Crippen LogP contribution in [0.3, 0.4) is 0 Å². The normalized spacial score (nSPS) is 22.7. The van der Waals surface area contributed by atoms with Gasteiger partial charge in [0.25, 0.3) is 0 Å². The fraction of sp³-hybridized carbons (Fsp3) is 0.276. The molecule has 2 saturated heterocycles. The molecular formula is C29H29N3O2. The monoisotopic (exact) mass is 451 g/mol. The molecule has 0 saturated carbocycles. The molecule has 172 valence electrons. The molecule has 5 rings (SSSR count). The zero-order chi connectivity index (χ0) is 23.3. The van der Waals surface area contributed by atoms with Crippen LogP contribution in [0.1, 0.15) is 36.8 Å². The molecule has 3 atom stereocenters. The van der Waals surface area contributed by atoms with Gasteiger partial charge in [0.2, 0.25) is 0 Å². The molecule has 0 N–H and O–H groups in total. The number of nitrogens with zero attached hydrogens (tertiary/aromatic N) is 3. The second-order valence-electron chi connectivity index (χ2n) is 9.10. The lowest BCUT2D eigenvalue weighted by molar-refractivity contribution is -0.144. The molecule has 2 aliphatic heterocycles. The Hall–Kier alpha value is -3.57. The van der Waals surface area contributed by atoms with E-state index < -0.39 is 0 Å². The lowest BCUT2D eigenvalue weighted by atomic mass is 9.99. The molecule has 0 aromatic heterocycles. The number of rotatable bonds is 6. The molecule has 2 aliphatic rings. The molecule has 34 heavy (non-hydrogen) atoms. The van der Waals surface area contributed by atoms with Crippen molar-refractivity contribution in [3.8, 4) is 0 Å². The third kappa shape index (κ3) is 5.15. The molecule has 3 aromatic carbocycles. The van der Waals surface area contributed by atoms with Gasteiger partial charge in [-0.2, -0.15) is 10.2 Å². The summed E-state index contributed by atoms with van der Waals surface area (Å²) in [4.78, 5) is 15.8. The Morgan fingerprint density at radius 1 is 0.824 bits per heavy atom. The van der Waals surface area contributed by atoms with Crippen LogP contribution in [-0.4, -0.2) is 36.1 Å². The van der Waals surface area contributed by atoms with Crippen LogP contribution in [0.2, 0.25) is 0 Å². The van der Waals surface area contributed by atoms with Crippen molar-refractivity contribution in [3.63, 3.8) is 0 Å². The number of carbonyl (C=O) groups is 1. The predicted molar refractivity (Wildman–Crippen MR) is 135 cm³/mol. The summed E-state index contributed by atoms with van der Waals surface area (Å²) in [6.45, 7) is 0. The number of carbonyl (C=O) groups excluding carboxylic acids is 1. The third-order valence-corrected chi connectivity index (χ3v) is 6.87. The SMILES string of the molecule is CN1[C@@H]2CC[C@H]1CC(OC(=O)/C(=C/c1ccccc1)c1ccc(N=Nc3ccccc3)cc1)C2. The first-order chi connectivity index (χ1) is 16.7. The number of piperidine rings is 1. The molecular weight excluding hydrogens is 422 g/mol. The van der Waals surface area contributed by atoms with Gasteiger partial charge in [0.05, 0.1) is 16.9 Å². The average Bonchev–Trinajstić information content (AvgIpc) is 3.07. The number of hydrogen-bond acceptors (Lipinski definition) is 5. The van der Waals surface area contributed by atoms with Crippen LogP contribution in [0.4, 0.5) is 11.4 Å². The zero-order valence-corrected chi connectivity index (χ0v) is 19.4.